The van der Waals surface area contributed by atoms with Crippen molar-refractivity contribution in [1.82, 2.24) is 4.98 Å². The van der Waals surface area contributed by atoms with Crippen LogP contribution >= 0.6 is 27.5 Å². The Hall–Kier alpha value is -1.62. The number of anilines is 1. The molecule has 2 rings (SSSR count). The lowest BCUT2D eigenvalue weighted by Gasteiger charge is -2.09. The van der Waals surface area contributed by atoms with Crippen LogP contribution in [0.15, 0.2) is 45.9 Å². The minimum Gasteiger partial charge on any atom is -0.278 e. The molecular weight excluding hydrogens is 366 g/mol. The number of nitrogens with one attached hydrogen (secondary N) is 1. The van der Waals surface area contributed by atoms with Gasteiger partial charge in [0.2, 0.25) is 0 Å². The number of nitriles is 1. The van der Waals surface area contributed by atoms with Gasteiger partial charge in [-0.1, -0.05) is 11.6 Å². The standard InChI is InChI=1S/C12H7BrClN3O2S/c13-10-5-8(6-15)1-3-11(10)17-20(18,19)9-2-4-12(14)16-7-9/h1-5,7,17H. The zero-order valence-corrected chi connectivity index (χ0v) is 13.0. The van der Waals surface area contributed by atoms with E-state index in [0.717, 1.165) is 0 Å². The molecule has 0 aliphatic carbocycles. The first-order valence-electron chi connectivity index (χ1n) is 5.26. The average molecular weight is 373 g/mol. The van der Waals surface area contributed by atoms with Crippen LogP contribution in [0.2, 0.25) is 5.15 Å². The van der Waals surface area contributed by atoms with Crippen molar-refractivity contribution in [3.8, 4) is 6.07 Å². The Morgan fingerprint density at radius 1 is 1.30 bits per heavy atom. The molecule has 1 N–H and O–H groups in total. The molecule has 20 heavy (non-hydrogen) atoms. The number of aromatic nitrogens is 1. The Bertz CT molecular complexity index is 785. The molecule has 0 amide bonds. The molecule has 1 aromatic carbocycles. The molecule has 0 aliphatic rings. The zero-order valence-electron chi connectivity index (χ0n) is 9.84. The summed E-state index contributed by atoms with van der Waals surface area (Å²) in [6, 6.07) is 9.26. The van der Waals surface area contributed by atoms with Gasteiger partial charge in [-0.05, 0) is 46.3 Å². The largest absolute Gasteiger partial charge is 0.278 e. The first kappa shape index (κ1) is 14.8. The number of nitrogens with zero attached hydrogens (tertiary/aromatic N) is 2. The second-order valence-electron chi connectivity index (χ2n) is 3.73. The molecule has 0 saturated heterocycles. The van der Waals surface area contributed by atoms with Crippen LogP contribution in [0.3, 0.4) is 0 Å². The molecule has 2 aromatic rings. The van der Waals surface area contributed by atoms with Gasteiger partial charge < -0.3 is 0 Å². The molecule has 0 aliphatic heterocycles. The van der Waals surface area contributed by atoms with Gasteiger partial charge in [0.1, 0.15) is 10.0 Å². The van der Waals surface area contributed by atoms with Gasteiger partial charge in [0.25, 0.3) is 10.0 Å². The van der Waals surface area contributed by atoms with Crippen molar-refractivity contribution in [1.29, 1.82) is 5.26 Å². The fourth-order valence-electron chi connectivity index (χ4n) is 1.39. The second kappa shape index (κ2) is 5.79. The molecule has 0 radical (unpaired) electrons. The third-order valence-electron chi connectivity index (χ3n) is 2.35. The maximum atomic E-state index is 12.1. The first-order valence-corrected chi connectivity index (χ1v) is 7.92. The van der Waals surface area contributed by atoms with Crippen LogP contribution in [0.25, 0.3) is 0 Å². The molecule has 8 heteroatoms. The lowest BCUT2D eigenvalue weighted by atomic mass is 10.2. The van der Waals surface area contributed by atoms with Gasteiger partial charge in [0.15, 0.2) is 0 Å². The first-order chi connectivity index (χ1) is 9.42. The summed E-state index contributed by atoms with van der Waals surface area (Å²) in [4.78, 5) is 3.73. The highest BCUT2D eigenvalue weighted by Crippen LogP contribution is 2.26. The van der Waals surface area contributed by atoms with Gasteiger partial charge in [0.05, 0.1) is 17.3 Å². The van der Waals surface area contributed by atoms with Crippen molar-refractivity contribution in [2.75, 3.05) is 4.72 Å². The Labute approximate surface area is 129 Å². The van der Waals surface area contributed by atoms with Crippen molar-refractivity contribution >= 4 is 43.2 Å². The normalized spacial score (nSPS) is 10.8. The molecule has 102 valence electrons. The fourth-order valence-corrected chi connectivity index (χ4v) is 3.14. The van der Waals surface area contributed by atoms with Gasteiger partial charge in [-0.15, -0.1) is 0 Å². The summed E-state index contributed by atoms with van der Waals surface area (Å²) in [5.41, 5.74) is 0.756. The molecule has 0 fully saturated rings. The molecule has 0 unspecified atom stereocenters. The summed E-state index contributed by atoms with van der Waals surface area (Å²) >= 11 is 8.83. The van der Waals surface area contributed by atoms with Crippen molar-refractivity contribution in [3.05, 3.63) is 51.7 Å². The number of rotatable bonds is 3. The van der Waals surface area contributed by atoms with E-state index in [4.69, 9.17) is 16.9 Å². The van der Waals surface area contributed by atoms with E-state index in [2.05, 4.69) is 25.6 Å². The van der Waals surface area contributed by atoms with Crippen LogP contribution in [-0.4, -0.2) is 13.4 Å². The second-order valence-corrected chi connectivity index (χ2v) is 6.65. The number of sulfonamides is 1. The summed E-state index contributed by atoms with van der Waals surface area (Å²) in [6.07, 6.45) is 1.17. The topological polar surface area (TPSA) is 82.9 Å². The Morgan fingerprint density at radius 2 is 2.05 bits per heavy atom. The van der Waals surface area contributed by atoms with Crippen LogP contribution in [-0.2, 0) is 10.0 Å². The van der Waals surface area contributed by atoms with Gasteiger partial charge >= 0.3 is 0 Å². The van der Waals surface area contributed by atoms with Gasteiger partial charge in [-0.2, -0.15) is 5.26 Å². The zero-order chi connectivity index (χ0) is 14.8. The van der Waals surface area contributed by atoms with E-state index in [-0.39, 0.29) is 10.0 Å². The van der Waals surface area contributed by atoms with Crippen LogP contribution in [0.5, 0.6) is 0 Å². The van der Waals surface area contributed by atoms with Crippen LogP contribution in [0, 0.1) is 11.3 Å². The van der Waals surface area contributed by atoms with E-state index in [1.807, 2.05) is 6.07 Å². The lowest BCUT2D eigenvalue weighted by molar-refractivity contribution is 0.601. The third kappa shape index (κ3) is 3.28. The summed E-state index contributed by atoms with van der Waals surface area (Å²) in [7, 11) is -3.76. The number of benzene rings is 1. The number of hydrogen-bond donors (Lipinski definition) is 1. The molecular formula is C12H7BrClN3O2S. The molecule has 0 bridgehead atoms. The molecule has 0 spiro atoms. The summed E-state index contributed by atoms with van der Waals surface area (Å²) in [5.74, 6) is 0. The quantitative estimate of drug-likeness (QED) is 0.839. The summed E-state index contributed by atoms with van der Waals surface area (Å²) < 4.78 is 27.2. The Kier molecular flexibility index (Phi) is 4.28. The monoisotopic (exact) mass is 371 g/mol. The number of hydrogen-bond acceptors (Lipinski definition) is 4. The predicted molar refractivity (Wildman–Crippen MR) is 78.9 cm³/mol. The van der Waals surface area contributed by atoms with Crippen LogP contribution in [0.4, 0.5) is 5.69 Å². The minimum atomic E-state index is -3.76. The van der Waals surface area contributed by atoms with E-state index in [1.165, 1.54) is 36.5 Å². The Morgan fingerprint density at radius 3 is 2.60 bits per heavy atom. The molecule has 5 nitrogen and oxygen atoms in total. The van der Waals surface area contributed by atoms with Gasteiger partial charge in [-0.25, -0.2) is 13.4 Å². The lowest BCUT2D eigenvalue weighted by Crippen LogP contribution is -2.13. The van der Waals surface area contributed by atoms with E-state index in [0.29, 0.717) is 15.7 Å². The van der Waals surface area contributed by atoms with Crippen LogP contribution in [0.1, 0.15) is 5.56 Å². The van der Waals surface area contributed by atoms with Crippen molar-refractivity contribution in [3.63, 3.8) is 0 Å². The maximum Gasteiger partial charge on any atom is 0.263 e. The smallest absolute Gasteiger partial charge is 0.263 e. The molecule has 0 atom stereocenters. The predicted octanol–water partition coefficient (Wildman–Crippen LogP) is 3.17. The van der Waals surface area contributed by atoms with Gasteiger partial charge in [-0.3, -0.25) is 4.72 Å². The van der Waals surface area contributed by atoms with Crippen molar-refractivity contribution in [2.24, 2.45) is 0 Å². The van der Waals surface area contributed by atoms with Crippen LogP contribution < -0.4 is 4.72 Å². The summed E-state index contributed by atoms with van der Waals surface area (Å²) in [6.45, 7) is 0. The van der Waals surface area contributed by atoms with Crippen molar-refractivity contribution in [2.45, 2.75) is 4.90 Å². The third-order valence-corrected chi connectivity index (χ3v) is 4.58. The maximum absolute atomic E-state index is 12.1. The SMILES string of the molecule is N#Cc1ccc(NS(=O)(=O)c2ccc(Cl)nc2)c(Br)c1. The number of halogens is 2. The molecule has 1 aromatic heterocycles. The number of pyridine rings is 1. The Balaban J connectivity index is 2.34. The van der Waals surface area contributed by atoms with Crippen molar-refractivity contribution < 1.29 is 8.42 Å². The van der Waals surface area contributed by atoms with E-state index in [1.54, 1.807) is 0 Å². The molecule has 0 saturated carbocycles. The average Bonchev–Trinajstić information content (AvgIpc) is 2.41. The van der Waals surface area contributed by atoms with Gasteiger partial charge in [0, 0.05) is 10.7 Å². The van der Waals surface area contributed by atoms with E-state index < -0.39 is 10.0 Å². The highest BCUT2D eigenvalue weighted by molar-refractivity contribution is 9.10. The molecule has 1 heterocycles. The highest BCUT2D eigenvalue weighted by atomic mass is 79.9. The fraction of sp³-hybridized carbons (Fsp3) is 0. The summed E-state index contributed by atoms with van der Waals surface area (Å²) in [5, 5.41) is 8.97. The highest BCUT2D eigenvalue weighted by Gasteiger charge is 2.16. The minimum absolute atomic E-state index is 0.00170. The van der Waals surface area contributed by atoms with E-state index >= 15 is 0 Å². The van der Waals surface area contributed by atoms with E-state index in [9.17, 15) is 8.42 Å².